The average molecular weight is 255 g/mol. The lowest BCUT2D eigenvalue weighted by atomic mass is 10.2. The maximum atomic E-state index is 5.84. The largest absolute Gasteiger partial charge is 0.397 e. The molecule has 2 rings (SSSR count). The van der Waals surface area contributed by atoms with Crippen molar-refractivity contribution in [2.24, 2.45) is 0 Å². The van der Waals surface area contributed by atoms with E-state index in [9.17, 15) is 0 Å². The summed E-state index contributed by atoms with van der Waals surface area (Å²) in [5.41, 5.74) is 7.44. The van der Waals surface area contributed by atoms with Crippen LogP contribution in [-0.4, -0.2) is 19.3 Å². The number of nitrogens with one attached hydrogen (secondary N) is 1. The molecule has 0 saturated heterocycles. The summed E-state index contributed by atoms with van der Waals surface area (Å²) < 4.78 is 5.76. The lowest BCUT2D eigenvalue weighted by Gasteiger charge is -2.13. The molecule has 0 aliphatic heterocycles. The summed E-state index contributed by atoms with van der Waals surface area (Å²) in [5, 5.41) is 3.92. The minimum atomic E-state index is 0.472. The Morgan fingerprint density at radius 3 is 2.82 bits per heavy atom. The van der Waals surface area contributed by atoms with Gasteiger partial charge in [0.15, 0.2) is 0 Å². The summed E-state index contributed by atoms with van der Waals surface area (Å²) in [6.45, 7) is 1.51. The Morgan fingerprint density at radius 1 is 1.35 bits per heavy atom. The second kappa shape index (κ2) is 6.12. The van der Waals surface area contributed by atoms with Gasteiger partial charge in [0.25, 0.3) is 0 Å². The van der Waals surface area contributed by atoms with E-state index in [1.165, 1.54) is 25.7 Å². The van der Waals surface area contributed by atoms with Crippen molar-refractivity contribution in [1.82, 2.24) is 0 Å². The van der Waals surface area contributed by atoms with Gasteiger partial charge >= 0.3 is 0 Å². The summed E-state index contributed by atoms with van der Waals surface area (Å²) in [6.07, 6.45) is 5.51. The summed E-state index contributed by atoms with van der Waals surface area (Å²) in [4.78, 5) is 0. The molecule has 1 saturated carbocycles. The van der Waals surface area contributed by atoms with Crippen molar-refractivity contribution in [3.8, 4) is 0 Å². The van der Waals surface area contributed by atoms with Crippen LogP contribution in [0.3, 0.4) is 0 Å². The van der Waals surface area contributed by atoms with Gasteiger partial charge in [0.2, 0.25) is 0 Å². The first-order valence-electron chi connectivity index (χ1n) is 6.16. The molecule has 0 amide bonds. The SMILES string of the molecule is Nc1cc(Cl)ccc1NCCOC1CCCC1. The van der Waals surface area contributed by atoms with Crippen LogP contribution in [0, 0.1) is 0 Å². The van der Waals surface area contributed by atoms with Crippen LogP contribution >= 0.6 is 11.6 Å². The Labute approximate surface area is 107 Å². The van der Waals surface area contributed by atoms with E-state index >= 15 is 0 Å². The number of ether oxygens (including phenoxy) is 1. The molecule has 0 atom stereocenters. The van der Waals surface area contributed by atoms with Gasteiger partial charge in [0.1, 0.15) is 0 Å². The topological polar surface area (TPSA) is 47.3 Å². The molecule has 3 N–H and O–H groups in total. The van der Waals surface area contributed by atoms with E-state index in [0.717, 1.165) is 18.8 Å². The molecule has 94 valence electrons. The third kappa shape index (κ3) is 3.79. The van der Waals surface area contributed by atoms with Gasteiger partial charge < -0.3 is 15.8 Å². The van der Waals surface area contributed by atoms with Crippen molar-refractivity contribution >= 4 is 23.0 Å². The number of nitrogen functional groups attached to an aromatic ring is 1. The smallest absolute Gasteiger partial charge is 0.0642 e. The first-order valence-corrected chi connectivity index (χ1v) is 6.54. The molecule has 0 bridgehead atoms. The van der Waals surface area contributed by atoms with Gasteiger partial charge in [0, 0.05) is 11.6 Å². The van der Waals surface area contributed by atoms with Gasteiger partial charge in [-0.05, 0) is 31.0 Å². The Bertz CT molecular complexity index is 364. The van der Waals surface area contributed by atoms with Crippen molar-refractivity contribution in [1.29, 1.82) is 0 Å². The molecule has 3 nitrogen and oxygen atoms in total. The van der Waals surface area contributed by atoms with Gasteiger partial charge in [0.05, 0.1) is 24.1 Å². The summed E-state index contributed by atoms with van der Waals surface area (Å²) in [6, 6.07) is 5.48. The average Bonchev–Trinajstić information content (AvgIpc) is 2.79. The van der Waals surface area contributed by atoms with E-state index in [2.05, 4.69) is 5.32 Å². The number of nitrogens with two attached hydrogens (primary N) is 1. The highest BCUT2D eigenvalue weighted by Gasteiger charge is 2.14. The fraction of sp³-hybridized carbons (Fsp3) is 0.538. The number of rotatable bonds is 5. The maximum Gasteiger partial charge on any atom is 0.0642 e. The zero-order chi connectivity index (χ0) is 12.1. The second-order valence-electron chi connectivity index (χ2n) is 4.44. The number of hydrogen-bond donors (Lipinski definition) is 2. The highest BCUT2D eigenvalue weighted by Crippen LogP contribution is 2.23. The van der Waals surface area contributed by atoms with Gasteiger partial charge in [-0.3, -0.25) is 0 Å². The maximum absolute atomic E-state index is 5.84. The molecule has 1 aliphatic carbocycles. The fourth-order valence-electron chi connectivity index (χ4n) is 2.16. The molecular weight excluding hydrogens is 236 g/mol. The van der Waals surface area contributed by atoms with Crippen molar-refractivity contribution in [3.05, 3.63) is 23.2 Å². The number of hydrogen-bond acceptors (Lipinski definition) is 3. The third-order valence-corrected chi connectivity index (χ3v) is 3.32. The molecule has 0 radical (unpaired) electrons. The highest BCUT2D eigenvalue weighted by molar-refractivity contribution is 6.31. The van der Waals surface area contributed by atoms with E-state index in [-0.39, 0.29) is 0 Å². The van der Waals surface area contributed by atoms with Crippen LogP contribution in [0.4, 0.5) is 11.4 Å². The Hall–Kier alpha value is -0.930. The highest BCUT2D eigenvalue weighted by atomic mass is 35.5. The molecule has 1 fully saturated rings. The minimum absolute atomic E-state index is 0.472. The second-order valence-corrected chi connectivity index (χ2v) is 4.87. The summed E-state index contributed by atoms with van der Waals surface area (Å²) in [5.74, 6) is 0. The van der Waals surface area contributed by atoms with Crippen LogP contribution in [-0.2, 0) is 4.74 Å². The van der Waals surface area contributed by atoms with E-state index in [1.54, 1.807) is 6.07 Å². The van der Waals surface area contributed by atoms with E-state index in [1.807, 2.05) is 12.1 Å². The normalized spacial score (nSPS) is 16.3. The van der Waals surface area contributed by atoms with Gasteiger partial charge in [-0.25, -0.2) is 0 Å². The third-order valence-electron chi connectivity index (χ3n) is 3.09. The zero-order valence-corrected chi connectivity index (χ0v) is 10.7. The molecule has 0 spiro atoms. The van der Waals surface area contributed by atoms with Gasteiger partial charge in [-0.15, -0.1) is 0 Å². The van der Waals surface area contributed by atoms with Crippen LogP contribution in [0.1, 0.15) is 25.7 Å². The van der Waals surface area contributed by atoms with Crippen molar-refractivity contribution < 1.29 is 4.74 Å². The van der Waals surface area contributed by atoms with E-state index in [4.69, 9.17) is 22.1 Å². The summed E-state index contributed by atoms with van der Waals surface area (Å²) >= 11 is 5.83. The van der Waals surface area contributed by atoms with Gasteiger partial charge in [-0.1, -0.05) is 24.4 Å². The predicted molar refractivity (Wildman–Crippen MR) is 72.6 cm³/mol. The molecule has 1 aromatic carbocycles. The molecule has 4 heteroatoms. The molecular formula is C13H19ClN2O. The number of halogens is 1. The standard InChI is InChI=1S/C13H19ClN2O/c14-10-5-6-13(12(15)9-10)16-7-8-17-11-3-1-2-4-11/h5-6,9,11,16H,1-4,7-8,15H2. The molecule has 0 aromatic heterocycles. The van der Waals surface area contributed by atoms with Crippen LogP contribution in [0.2, 0.25) is 5.02 Å². The molecule has 0 heterocycles. The van der Waals surface area contributed by atoms with Crippen LogP contribution in [0.5, 0.6) is 0 Å². The monoisotopic (exact) mass is 254 g/mol. The minimum Gasteiger partial charge on any atom is -0.397 e. The van der Waals surface area contributed by atoms with Crippen LogP contribution in [0.15, 0.2) is 18.2 Å². The quantitative estimate of drug-likeness (QED) is 0.626. The Kier molecular flexibility index (Phi) is 4.51. The molecule has 1 aliphatic rings. The van der Waals surface area contributed by atoms with E-state index in [0.29, 0.717) is 16.8 Å². The van der Waals surface area contributed by atoms with E-state index < -0.39 is 0 Å². The zero-order valence-electron chi connectivity index (χ0n) is 9.92. The molecule has 17 heavy (non-hydrogen) atoms. The first kappa shape index (κ1) is 12.5. The van der Waals surface area contributed by atoms with Crippen molar-refractivity contribution in [3.63, 3.8) is 0 Å². The first-order chi connectivity index (χ1) is 8.25. The number of anilines is 2. The molecule has 1 aromatic rings. The van der Waals surface area contributed by atoms with Crippen LogP contribution in [0.25, 0.3) is 0 Å². The Balaban J connectivity index is 1.70. The summed E-state index contributed by atoms with van der Waals surface area (Å²) in [7, 11) is 0. The Morgan fingerprint density at radius 2 is 2.12 bits per heavy atom. The lowest BCUT2D eigenvalue weighted by Crippen LogP contribution is -2.15. The fourth-order valence-corrected chi connectivity index (χ4v) is 2.34. The van der Waals surface area contributed by atoms with Crippen molar-refractivity contribution in [2.45, 2.75) is 31.8 Å². The molecule has 0 unspecified atom stereocenters. The van der Waals surface area contributed by atoms with Gasteiger partial charge in [-0.2, -0.15) is 0 Å². The number of benzene rings is 1. The van der Waals surface area contributed by atoms with Crippen molar-refractivity contribution in [2.75, 3.05) is 24.2 Å². The predicted octanol–water partition coefficient (Wildman–Crippen LogP) is 3.29. The van der Waals surface area contributed by atoms with Crippen LogP contribution < -0.4 is 11.1 Å². The lowest BCUT2D eigenvalue weighted by molar-refractivity contribution is 0.0659.